The monoisotopic (exact) mass is 248 g/mol. The van der Waals surface area contributed by atoms with Gasteiger partial charge in [-0.3, -0.25) is 0 Å². The Morgan fingerprint density at radius 1 is 1.00 bits per heavy atom. The van der Waals surface area contributed by atoms with Gasteiger partial charge in [-0.1, -0.05) is 40.0 Å². The van der Waals surface area contributed by atoms with Gasteiger partial charge in [0.15, 0.2) is 0 Å². The van der Waals surface area contributed by atoms with Crippen molar-refractivity contribution in [2.45, 2.75) is 83.8 Å². The van der Waals surface area contributed by atoms with Crippen molar-refractivity contribution in [1.29, 1.82) is 0 Å². The molecular weight excluding hydrogens is 220 g/mol. The predicted molar refractivity (Wildman–Crippen MR) is 73.8 cm³/mol. The van der Waals surface area contributed by atoms with Crippen LogP contribution in [0.3, 0.4) is 0 Å². The Balaban J connectivity index is 1.62. The summed E-state index contributed by atoms with van der Waals surface area (Å²) in [6.07, 6.45) is 11.5. The summed E-state index contributed by atoms with van der Waals surface area (Å²) in [7, 11) is 0. The van der Waals surface area contributed by atoms with Crippen LogP contribution in [-0.2, 0) is 0 Å². The van der Waals surface area contributed by atoms with Crippen LogP contribution in [0.1, 0.15) is 72.1 Å². The normalized spacial score (nSPS) is 51.8. The van der Waals surface area contributed by atoms with E-state index in [9.17, 15) is 0 Å². The highest BCUT2D eigenvalue weighted by atomic mass is 15.8. The highest BCUT2D eigenvalue weighted by molar-refractivity contribution is 5.18. The molecule has 1 N–H and O–H groups in total. The van der Waals surface area contributed by atoms with Crippen molar-refractivity contribution in [2.75, 3.05) is 0 Å². The Morgan fingerprint density at radius 2 is 1.72 bits per heavy atom. The minimum atomic E-state index is 0.424. The van der Waals surface area contributed by atoms with E-state index < -0.39 is 0 Å². The van der Waals surface area contributed by atoms with Crippen LogP contribution in [0.4, 0.5) is 0 Å². The molecule has 3 saturated carbocycles. The number of rotatable bonds is 1. The fraction of sp³-hybridized carbons (Fsp3) is 1.00. The zero-order valence-electron chi connectivity index (χ0n) is 12.3. The summed E-state index contributed by atoms with van der Waals surface area (Å²) in [6, 6.07) is 0.779. The average molecular weight is 248 g/mol. The highest BCUT2D eigenvalue weighted by Gasteiger charge is 2.68. The molecule has 1 heterocycles. The van der Waals surface area contributed by atoms with Gasteiger partial charge in [0.05, 0.1) is 5.66 Å². The quantitative estimate of drug-likeness (QED) is 0.716. The minimum absolute atomic E-state index is 0.424. The minimum Gasteiger partial charge on any atom is -0.232 e. The van der Waals surface area contributed by atoms with Gasteiger partial charge in [0.1, 0.15) is 0 Å². The molecule has 1 spiro atoms. The largest absolute Gasteiger partial charge is 0.232 e. The maximum Gasteiger partial charge on any atom is 0.0977 e. The van der Waals surface area contributed by atoms with Gasteiger partial charge in [0.2, 0.25) is 0 Å². The van der Waals surface area contributed by atoms with Gasteiger partial charge in [-0.15, -0.1) is 0 Å². The van der Waals surface area contributed by atoms with E-state index in [1.807, 2.05) is 0 Å². The Labute approximate surface area is 111 Å². The molecule has 4 fully saturated rings. The molecule has 0 aromatic heterocycles. The first kappa shape index (κ1) is 11.7. The summed E-state index contributed by atoms with van der Waals surface area (Å²) in [5.74, 6) is 0.968. The fourth-order valence-corrected chi connectivity index (χ4v) is 5.92. The molecular formula is C16H28N2. The zero-order valence-corrected chi connectivity index (χ0v) is 12.3. The third-order valence-corrected chi connectivity index (χ3v) is 6.87. The van der Waals surface area contributed by atoms with Gasteiger partial charge in [-0.05, 0) is 48.9 Å². The van der Waals surface area contributed by atoms with Crippen molar-refractivity contribution < 1.29 is 0 Å². The van der Waals surface area contributed by atoms with Crippen molar-refractivity contribution in [1.82, 2.24) is 10.4 Å². The SMILES string of the molecule is CC1(C)[C@H]2CC[C@](C)(C2)[C@H]1N1NC12CCCCC2. The summed E-state index contributed by atoms with van der Waals surface area (Å²) in [4.78, 5) is 0. The van der Waals surface area contributed by atoms with E-state index in [-0.39, 0.29) is 0 Å². The lowest BCUT2D eigenvalue weighted by atomic mass is 9.68. The number of nitrogens with zero attached hydrogens (tertiary/aromatic N) is 1. The molecule has 0 amide bonds. The standard InChI is InChI=1S/C16H28N2/c1-14(2)12-7-10-15(3,11-12)13(14)18-16(17-18)8-5-4-6-9-16/h12-13,17H,4-11H2,1-3H3/t12-,13-,15+,18?/m0/s1. The van der Waals surface area contributed by atoms with Crippen LogP contribution in [0.5, 0.6) is 0 Å². The van der Waals surface area contributed by atoms with Crippen molar-refractivity contribution in [3.63, 3.8) is 0 Å². The molecule has 1 saturated heterocycles. The Morgan fingerprint density at radius 3 is 2.33 bits per heavy atom. The molecule has 1 unspecified atom stereocenters. The maximum atomic E-state index is 3.83. The summed E-state index contributed by atoms with van der Waals surface area (Å²) in [5.41, 5.74) is 5.35. The van der Waals surface area contributed by atoms with Crippen LogP contribution in [0, 0.1) is 16.7 Å². The first-order valence-electron chi connectivity index (χ1n) is 8.05. The van der Waals surface area contributed by atoms with E-state index in [1.54, 1.807) is 0 Å². The molecule has 1 aliphatic heterocycles. The molecule has 3 aliphatic carbocycles. The zero-order chi connectivity index (χ0) is 12.6. The molecule has 4 aliphatic rings. The molecule has 0 aromatic carbocycles. The van der Waals surface area contributed by atoms with E-state index in [4.69, 9.17) is 0 Å². The van der Waals surface area contributed by atoms with Crippen molar-refractivity contribution in [3.8, 4) is 0 Å². The van der Waals surface area contributed by atoms with Crippen LogP contribution in [0.15, 0.2) is 0 Å². The van der Waals surface area contributed by atoms with Gasteiger partial charge in [0.25, 0.3) is 0 Å². The van der Waals surface area contributed by atoms with Crippen LogP contribution in [0.2, 0.25) is 0 Å². The Kier molecular flexibility index (Phi) is 2.16. The van der Waals surface area contributed by atoms with E-state index in [1.165, 1.54) is 51.4 Å². The van der Waals surface area contributed by atoms with Crippen LogP contribution in [0.25, 0.3) is 0 Å². The Bertz CT molecular complexity index is 365. The second kappa shape index (κ2) is 3.32. The summed E-state index contributed by atoms with van der Waals surface area (Å²) < 4.78 is 0. The lowest BCUT2D eigenvalue weighted by molar-refractivity contribution is 0.0388. The molecule has 2 bridgehead atoms. The van der Waals surface area contributed by atoms with Crippen LogP contribution < -0.4 is 5.43 Å². The smallest absolute Gasteiger partial charge is 0.0977 e. The van der Waals surface area contributed by atoms with Crippen LogP contribution in [-0.4, -0.2) is 16.7 Å². The summed E-state index contributed by atoms with van der Waals surface area (Å²) >= 11 is 0. The molecule has 0 radical (unpaired) electrons. The van der Waals surface area contributed by atoms with Gasteiger partial charge in [-0.25, -0.2) is 10.4 Å². The molecule has 4 atom stereocenters. The lowest BCUT2D eigenvalue weighted by Gasteiger charge is -2.44. The third kappa shape index (κ3) is 1.31. The average Bonchev–Trinajstić information content (AvgIpc) is 2.73. The van der Waals surface area contributed by atoms with Crippen molar-refractivity contribution >= 4 is 0 Å². The van der Waals surface area contributed by atoms with E-state index in [2.05, 4.69) is 31.2 Å². The van der Waals surface area contributed by atoms with Crippen molar-refractivity contribution in [3.05, 3.63) is 0 Å². The summed E-state index contributed by atoms with van der Waals surface area (Å²) in [6.45, 7) is 7.62. The van der Waals surface area contributed by atoms with E-state index in [0.717, 1.165) is 12.0 Å². The lowest BCUT2D eigenvalue weighted by Crippen LogP contribution is -2.48. The first-order chi connectivity index (χ1) is 8.48. The Hall–Kier alpha value is -0.0800. The third-order valence-electron chi connectivity index (χ3n) is 6.87. The topological polar surface area (TPSA) is 25.0 Å². The molecule has 18 heavy (non-hydrogen) atoms. The van der Waals surface area contributed by atoms with Gasteiger partial charge < -0.3 is 0 Å². The van der Waals surface area contributed by atoms with E-state index >= 15 is 0 Å². The van der Waals surface area contributed by atoms with Gasteiger partial charge in [-0.2, -0.15) is 0 Å². The second-order valence-corrected chi connectivity index (χ2v) is 8.39. The number of nitrogens with one attached hydrogen (secondary N) is 1. The number of hydrogen-bond acceptors (Lipinski definition) is 2. The summed E-state index contributed by atoms with van der Waals surface area (Å²) in [5, 5.41) is 2.71. The van der Waals surface area contributed by atoms with E-state index in [0.29, 0.717) is 16.5 Å². The van der Waals surface area contributed by atoms with Crippen LogP contribution >= 0.6 is 0 Å². The molecule has 102 valence electrons. The molecule has 4 rings (SSSR count). The molecule has 2 nitrogen and oxygen atoms in total. The highest BCUT2D eigenvalue weighted by Crippen LogP contribution is 2.66. The van der Waals surface area contributed by atoms with Gasteiger partial charge in [0, 0.05) is 6.04 Å². The second-order valence-electron chi connectivity index (χ2n) is 8.39. The number of hydrazine groups is 1. The fourth-order valence-electron chi connectivity index (χ4n) is 5.92. The van der Waals surface area contributed by atoms with Gasteiger partial charge >= 0.3 is 0 Å². The number of fused-ring (bicyclic) bond motifs is 2. The first-order valence-corrected chi connectivity index (χ1v) is 8.05. The van der Waals surface area contributed by atoms with Crippen molar-refractivity contribution in [2.24, 2.45) is 16.7 Å². The maximum absolute atomic E-state index is 3.83. The number of hydrogen-bond donors (Lipinski definition) is 1. The predicted octanol–water partition coefficient (Wildman–Crippen LogP) is 3.68. The molecule has 2 heteroatoms. The molecule has 0 aromatic rings.